The van der Waals surface area contributed by atoms with Gasteiger partial charge in [0.25, 0.3) is 5.69 Å². The molecule has 19 heavy (non-hydrogen) atoms. The lowest BCUT2D eigenvalue weighted by Gasteiger charge is -2.05. The molecule has 0 atom stereocenters. The fourth-order valence-electron chi connectivity index (χ4n) is 1.70. The number of nitro benzene ring substituents is 1. The molecule has 0 aliphatic heterocycles. The molecule has 0 fully saturated rings. The second kappa shape index (κ2) is 5.77. The molecule has 5 nitrogen and oxygen atoms in total. The van der Waals surface area contributed by atoms with E-state index >= 15 is 0 Å². The first-order valence-corrected chi connectivity index (χ1v) is 5.74. The molecule has 0 aliphatic rings. The summed E-state index contributed by atoms with van der Waals surface area (Å²) in [5.74, 6) is -0.309. The predicted molar refractivity (Wildman–Crippen MR) is 72.4 cm³/mol. The van der Waals surface area contributed by atoms with E-state index in [4.69, 9.17) is 0 Å². The third-order valence-electron chi connectivity index (χ3n) is 2.63. The van der Waals surface area contributed by atoms with E-state index in [0.717, 1.165) is 5.69 Å². The summed E-state index contributed by atoms with van der Waals surface area (Å²) in [5, 5.41) is 13.8. The zero-order chi connectivity index (χ0) is 13.7. The van der Waals surface area contributed by atoms with Crippen molar-refractivity contribution in [2.24, 2.45) is 0 Å². The van der Waals surface area contributed by atoms with Crippen LogP contribution in [-0.4, -0.2) is 17.3 Å². The van der Waals surface area contributed by atoms with Gasteiger partial charge in [-0.2, -0.15) is 0 Å². The van der Waals surface area contributed by atoms with Crippen molar-refractivity contribution in [1.82, 2.24) is 0 Å². The number of rotatable bonds is 5. The van der Waals surface area contributed by atoms with Crippen molar-refractivity contribution in [2.75, 3.05) is 11.9 Å². The highest BCUT2D eigenvalue weighted by Crippen LogP contribution is 2.18. The Bertz CT molecular complexity index is 597. The van der Waals surface area contributed by atoms with Gasteiger partial charge in [0.15, 0.2) is 5.78 Å². The summed E-state index contributed by atoms with van der Waals surface area (Å²) in [6.07, 6.45) is 0. The zero-order valence-electron chi connectivity index (χ0n) is 10.1. The fraction of sp³-hybridized carbons (Fsp3) is 0.0714. The summed E-state index contributed by atoms with van der Waals surface area (Å²) < 4.78 is 0. The van der Waals surface area contributed by atoms with Gasteiger partial charge in [0.05, 0.1) is 17.0 Å². The Balaban J connectivity index is 2.10. The Morgan fingerprint density at radius 2 is 1.68 bits per heavy atom. The molecule has 0 spiro atoms. The fourth-order valence-corrected chi connectivity index (χ4v) is 1.70. The summed E-state index contributed by atoms with van der Waals surface area (Å²) in [7, 11) is 0. The highest BCUT2D eigenvalue weighted by atomic mass is 16.6. The van der Waals surface area contributed by atoms with E-state index in [2.05, 4.69) is 5.32 Å². The number of carbonyl (C=O) groups excluding carboxylic acids is 1. The Morgan fingerprint density at radius 1 is 1.05 bits per heavy atom. The van der Waals surface area contributed by atoms with Crippen LogP contribution in [0.1, 0.15) is 10.4 Å². The van der Waals surface area contributed by atoms with Crippen LogP contribution < -0.4 is 5.32 Å². The van der Waals surface area contributed by atoms with Gasteiger partial charge in [-0.05, 0) is 18.2 Å². The Kier molecular flexibility index (Phi) is 3.87. The Hall–Kier alpha value is -2.69. The molecule has 0 aliphatic carbocycles. The molecular weight excluding hydrogens is 244 g/mol. The van der Waals surface area contributed by atoms with Crippen LogP contribution in [-0.2, 0) is 0 Å². The van der Waals surface area contributed by atoms with Gasteiger partial charge in [0, 0.05) is 11.8 Å². The van der Waals surface area contributed by atoms with Crippen molar-refractivity contribution in [1.29, 1.82) is 0 Å². The normalized spacial score (nSPS) is 9.89. The third kappa shape index (κ3) is 3.16. The zero-order valence-corrected chi connectivity index (χ0v) is 10.1. The van der Waals surface area contributed by atoms with Gasteiger partial charge in [-0.25, -0.2) is 0 Å². The number of benzene rings is 2. The second-order valence-corrected chi connectivity index (χ2v) is 3.92. The van der Waals surface area contributed by atoms with Crippen molar-refractivity contribution in [3.05, 3.63) is 70.3 Å². The number of nitrogens with zero attached hydrogens (tertiary/aromatic N) is 1. The number of para-hydroxylation sites is 2. The SMILES string of the molecule is O=C(CNc1ccccc1)c1ccccc1[N+](=O)[O-]. The third-order valence-corrected chi connectivity index (χ3v) is 2.63. The molecule has 0 heterocycles. The average molecular weight is 256 g/mol. The van der Waals surface area contributed by atoms with Gasteiger partial charge in [-0.1, -0.05) is 30.3 Å². The molecule has 2 rings (SSSR count). The van der Waals surface area contributed by atoms with Gasteiger partial charge in [0.2, 0.25) is 0 Å². The van der Waals surface area contributed by atoms with E-state index in [1.54, 1.807) is 12.1 Å². The standard InChI is InChI=1S/C14H12N2O3/c17-14(10-15-11-6-2-1-3-7-11)12-8-4-5-9-13(12)16(18)19/h1-9,15H,10H2. The molecule has 2 aromatic rings. The van der Waals surface area contributed by atoms with Crippen LogP contribution in [0.25, 0.3) is 0 Å². The van der Waals surface area contributed by atoms with Gasteiger partial charge in [-0.3, -0.25) is 14.9 Å². The molecule has 5 heteroatoms. The number of ketones is 1. The predicted octanol–water partition coefficient (Wildman–Crippen LogP) is 2.89. The van der Waals surface area contributed by atoms with Gasteiger partial charge in [0.1, 0.15) is 0 Å². The van der Waals surface area contributed by atoms with Crippen LogP contribution in [0.15, 0.2) is 54.6 Å². The minimum atomic E-state index is -0.546. The molecule has 0 saturated carbocycles. The molecule has 1 N–H and O–H groups in total. The molecule has 0 radical (unpaired) electrons. The van der Waals surface area contributed by atoms with Crippen LogP contribution in [0.3, 0.4) is 0 Å². The smallest absolute Gasteiger partial charge is 0.280 e. The molecule has 0 bridgehead atoms. The minimum absolute atomic E-state index is 0.0227. The number of Topliss-reactive ketones (excluding diaryl/α,β-unsaturated/α-hetero) is 1. The molecule has 0 saturated heterocycles. The van der Waals surface area contributed by atoms with E-state index in [1.807, 2.05) is 30.3 Å². The topological polar surface area (TPSA) is 72.2 Å². The number of nitrogens with one attached hydrogen (secondary N) is 1. The first-order chi connectivity index (χ1) is 9.18. The molecule has 0 aromatic heterocycles. The largest absolute Gasteiger partial charge is 0.378 e. The summed E-state index contributed by atoms with van der Waals surface area (Å²) in [5.41, 5.74) is 0.757. The molecule has 2 aromatic carbocycles. The Morgan fingerprint density at radius 3 is 2.37 bits per heavy atom. The number of anilines is 1. The van der Waals surface area contributed by atoms with Crippen LogP contribution in [0.5, 0.6) is 0 Å². The van der Waals surface area contributed by atoms with Gasteiger partial charge in [-0.15, -0.1) is 0 Å². The Labute approximate surface area is 110 Å². The maximum absolute atomic E-state index is 12.0. The number of nitro groups is 1. The molecule has 96 valence electrons. The van der Waals surface area contributed by atoms with E-state index in [0.29, 0.717) is 0 Å². The maximum Gasteiger partial charge on any atom is 0.280 e. The van der Waals surface area contributed by atoms with Crippen LogP contribution in [0.2, 0.25) is 0 Å². The minimum Gasteiger partial charge on any atom is -0.378 e. The van der Waals surface area contributed by atoms with Crippen molar-refractivity contribution < 1.29 is 9.72 Å². The molecule has 0 unspecified atom stereocenters. The first-order valence-electron chi connectivity index (χ1n) is 5.74. The van der Waals surface area contributed by atoms with E-state index in [1.165, 1.54) is 12.1 Å². The first kappa shape index (κ1) is 12.8. The number of hydrogen-bond donors (Lipinski definition) is 1. The average Bonchev–Trinajstić information content (AvgIpc) is 2.46. The van der Waals surface area contributed by atoms with Crippen molar-refractivity contribution in [3.8, 4) is 0 Å². The van der Waals surface area contributed by atoms with E-state index in [9.17, 15) is 14.9 Å². The van der Waals surface area contributed by atoms with E-state index in [-0.39, 0.29) is 23.6 Å². The van der Waals surface area contributed by atoms with Crippen molar-refractivity contribution >= 4 is 17.2 Å². The lowest BCUT2D eigenvalue weighted by Crippen LogP contribution is -2.15. The van der Waals surface area contributed by atoms with Gasteiger partial charge >= 0.3 is 0 Å². The lowest BCUT2D eigenvalue weighted by molar-refractivity contribution is -0.385. The summed E-state index contributed by atoms with van der Waals surface area (Å²) >= 11 is 0. The summed E-state index contributed by atoms with van der Waals surface area (Å²) in [6, 6.07) is 15.2. The number of hydrogen-bond acceptors (Lipinski definition) is 4. The highest BCUT2D eigenvalue weighted by Gasteiger charge is 2.18. The van der Waals surface area contributed by atoms with Gasteiger partial charge < -0.3 is 5.32 Å². The van der Waals surface area contributed by atoms with Crippen LogP contribution >= 0.6 is 0 Å². The van der Waals surface area contributed by atoms with E-state index < -0.39 is 4.92 Å². The highest BCUT2D eigenvalue weighted by molar-refractivity contribution is 6.02. The quantitative estimate of drug-likeness (QED) is 0.507. The lowest BCUT2D eigenvalue weighted by atomic mass is 10.1. The second-order valence-electron chi connectivity index (χ2n) is 3.92. The molecular formula is C14H12N2O3. The van der Waals surface area contributed by atoms with Crippen molar-refractivity contribution in [3.63, 3.8) is 0 Å². The molecule has 0 amide bonds. The monoisotopic (exact) mass is 256 g/mol. The summed E-state index contributed by atoms with van der Waals surface area (Å²) in [6.45, 7) is 0.0227. The van der Waals surface area contributed by atoms with Crippen molar-refractivity contribution in [2.45, 2.75) is 0 Å². The maximum atomic E-state index is 12.0. The summed E-state index contributed by atoms with van der Waals surface area (Å²) in [4.78, 5) is 22.3. The van der Waals surface area contributed by atoms with Crippen LogP contribution in [0, 0.1) is 10.1 Å². The number of carbonyl (C=O) groups is 1. The van der Waals surface area contributed by atoms with Crippen LogP contribution in [0.4, 0.5) is 11.4 Å².